The van der Waals surface area contributed by atoms with Gasteiger partial charge in [0.05, 0.1) is 21.8 Å². The second-order valence-electron chi connectivity index (χ2n) is 8.00. The van der Waals surface area contributed by atoms with Gasteiger partial charge in [-0.3, -0.25) is 13.9 Å². The fourth-order valence-corrected chi connectivity index (χ4v) is 4.67. The largest absolute Gasteiger partial charge is 0.350 e. The smallest absolute Gasteiger partial charge is 0.264 e. The van der Waals surface area contributed by atoms with Crippen LogP contribution in [-0.2, 0) is 14.8 Å². The lowest BCUT2D eigenvalue weighted by Crippen LogP contribution is -2.39. The number of nitrogens with one attached hydrogen (secondary N) is 2. The molecule has 2 N–H and O–H groups in total. The van der Waals surface area contributed by atoms with Gasteiger partial charge >= 0.3 is 0 Å². The molecule has 0 spiro atoms. The number of sulfonamides is 1. The molecule has 0 radical (unpaired) electrons. The van der Waals surface area contributed by atoms with Crippen molar-refractivity contribution in [3.63, 3.8) is 0 Å². The van der Waals surface area contributed by atoms with E-state index in [-0.39, 0.29) is 33.8 Å². The minimum atomic E-state index is -4.27. The van der Waals surface area contributed by atoms with Crippen LogP contribution in [0.25, 0.3) is 0 Å². The summed E-state index contributed by atoms with van der Waals surface area (Å²) < 4.78 is 42.1. The molecule has 0 bridgehead atoms. The number of benzene rings is 3. The standard InChI is InChI=1S/C25H26FN3O4S/c1-17(2)27-25(31)20-8-4-6-10-22(20)28-24(30)16-29(23-11-7-5-9-21(23)26)34(32,33)19-14-12-18(3)13-15-19/h4-15,17H,16H2,1-3H3,(H,27,31)(H,28,30). The maximum absolute atomic E-state index is 14.6. The Morgan fingerprint density at radius 1 is 0.941 bits per heavy atom. The Labute approximate surface area is 198 Å². The average Bonchev–Trinajstić information content (AvgIpc) is 2.78. The topological polar surface area (TPSA) is 95.6 Å². The number of rotatable bonds is 8. The van der Waals surface area contributed by atoms with Crippen molar-refractivity contribution in [3.8, 4) is 0 Å². The molecule has 2 amide bonds. The summed E-state index contributed by atoms with van der Waals surface area (Å²) in [5.74, 6) is -1.91. The third-order valence-corrected chi connectivity index (χ3v) is 6.66. The molecule has 0 saturated heterocycles. The van der Waals surface area contributed by atoms with E-state index in [0.717, 1.165) is 15.9 Å². The molecule has 3 aromatic carbocycles. The van der Waals surface area contributed by atoms with Crippen molar-refractivity contribution < 1.29 is 22.4 Å². The van der Waals surface area contributed by atoms with Gasteiger partial charge in [0.25, 0.3) is 15.9 Å². The van der Waals surface area contributed by atoms with Gasteiger partial charge in [0, 0.05) is 6.04 Å². The van der Waals surface area contributed by atoms with E-state index in [1.165, 1.54) is 36.4 Å². The van der Waals surface area contributed by atoms with Crippen molar-refractivity contribution in [1.29, 1.82) is 0 Å². The van der Waals surface area contributed by atoms with Crippen molar-refractivity contribution in [2.45, 2.75) is 31.7 Å². The van der Waals surface area contributed by atoms with E-state index in [0.29, 0.717) is 0 Å². The van der Waals surface area contributed by atoms with Crippen LogP contribution in [0.3, 0.4) is 0 Å². The van der Waals surface area contributed by atoms with Crippen LogP contribution in [0.1, 0.15) is 29.8 Å². The average molecular weight is 484 g/mol. The summed E-state index contributed by atoms with van der Waals surface area (Å²) >= 11 is 0. The highest BCUT2D eigenvalue weighted by atomic mass is 32.2. The van der Waals surface area contributed by atoms with E-state index in [4.69, 9.17) is 0 Å². The fourth-order valence-electron chi connectivity index (χ4n) is 3.24. The molecule has 3 rings (SSSR count). The summed E-state index contributed by atoms with van der Waals surface area (Å²) in [5.41, 5.74) is 1.03. The first-order valence-corrected chi connectivity index (χ1v) is 12.1. The maximum Gasteiger partial charge on any atom is 0.264 e. The van der Waals surface area contributed by atoms with Gasteiger partial charge in [-0.1, -0.05) is 42.0 Å². The molecule has 0 aromatic heterocycles. The lowest BCUT2D eigenvalue weighted by atomic mass is 10.1. The molecule has 0 aliphatic rings. The molecule has 178 valence electrons. The van der Waals surface area contributed by atoms with Crippen LogP contribution in [0.5, 0.6) is 0 Å². The van der Waals surface area contributed by atoms with Crippen molar-refractivity contribution in [3.05, 3.63) is 89.7 Å². The monoisotopic (exact) mass is 483 g/mol. The van der Waals surface area contributed by atoms with Crippen LogP contribution in [0.2, 0.25) is 0 Å². The second kappa shape index (κ2) is 10.5. The zero-order chi connectivity index (χ0) is 24.9. The number of carbonyl (C=O) groups is 2. The molecular formula is C25H26FN3O4S. The number of hydrogen-bond acceptors (Lipinski definition) is 4. The summed E-state index contributed by atoms with van der Waals surface area (Å²) in [5, 5.41) is 5.34. The molecule has 9 heteroatoms. The van der Waals surface area contributed by atoms with Gasteiger partial charge < -0.3 is 10.6 Å². The number of para-hydroxylation sites is 2. The lowest BCUT2D eigenvalue weighted by Gasteiger charge is -2.24. The highest BCUT2D eigenvalue weighted by Crippen LogP contribution is 2.26. The van der Waals surface area contributed by atoms with Crippen LogP contribution >= 0.6 is 0 Å². The molecule has 7 nitrogen and oxygen atoms in total. The number of amides is 2. The van der Waals surface area contributed by atoms with Crippen molar-refractivity contribution in [2.75, 3.05) is 16.2 Å². The first-order valence-electron chi connectivity index (χ1n) is 10.6. The quantitative estimate of drug-likeness (QED) is 0.504. The van der Waals surface area contributed by atoms with E-state index >= 15 is 0 Å². The van der Waals surface area contributed by atoms with E-state index < -0.39 is 28.3 Å². The lowest BCUT2D eigenvalue weighted by molar-refractivity contribution is -0.114. The van der Waals surface area contributed by atoms with Gasteiger partial charge in [0.2, 0.25) is 5.91 Å². The number of aryl methyl sites for hydroxylation is 1. The minimum absolute atomic E-state index is 0.0779. The van der Waals surface area contributed by atoms with Gasteiger partial charge in [-0.25, -0.2) is 12.8 Å². The van der Waals surface area contributed by atoms with Crippen molar-refractivity contribution in [1.82, 2.24) is 5.32 Å². The highest BCUT2D eigenvalue weighted by Gasteiger charge is 2.29. The van der Waals surface area contributed by atoms with Crippen LogP contribution < -0.4 is 14.9 Å². The van der Waals surface area contributed by atoms with Crippen LogP contribution in [-0.4, -0.2) is 32.8 Å². The number of hydrogen-bond donors (Lipinski definition) is 2. The summed E-state index contributed by atoms with van der Waals surface area (Å²) in [6, 6.07) is 17.6. The Morgan fingerprint density at radius 2 is 1.56 bits per heavy atom. The molecule has 0 aliphatic heterocycles. The third-order valence-electron chi connectivity index (χ3n) is 4.88. The van der Waals surface area contributed by atoms with Gasteiger partial charge in [-0.15, -0.1) is 0 Å². The predicted molar refractivity (Wildman–Crippen MR) is 130 cm³/mol. The highest BCUT2D eigenvalue weighted by molar-refractivity contribution is 7.92. The van der Waals surface area contributed by atoms with Gasteiger partial charge in [0.1, 0.15) is 12.4 Å². The molecule has 3 aromatic rings. The molecule has 0 unspecified atom stereocenters. The number of carbonyl (C=O) groups excluding carboxylic acids is 2. The number of nitrogens with zero attached hydrogens (tertiary/aromatic N) is 1. The second-order valence-corrected chi connectivity index (χ2v) is 9.86. The van der Waals surface area contributed by atoms with Crippen molar-refractivity contribution in [2.24, 2.45) is 0 Å². The minimum Gasteiger partial charge on any atom is -0.350 e. The summed E-state index contributed by atoms with van der Waals surface area (Å²) in [6.07, 6.45) is 0. The number of anilines is 2. The Morgan fingerprint density at radius 3 is 2.21 bits per heavy atom. The molecule has 0 atom stereocenters. The molecular weight excluding hydrogens is 457 g/mol. The molecule has 0 heterocycles. The van der Waals surface area contributed by atoms with Gasteiger partial charge in [0.15, 0.2) is 0 Å². The van der Waals surface area contributed by atoms with E-state index in [1.54, 1.807) is 44.2 Å². The van der Waals surface area contributed by atoms with Crippen LogP contribution in [0.4, 0.5) is 15.8 Å². The van der Waals surface area contributed by atoms with Crippen LogP contribution in [0.15, 0.2) is 77.7 Å². The fraction of sp³-hybridized carbons (Fsp3) is 0.200. The van der Waals surface area contributed by atoms with Crippen molar-refractivity contribution >= 4 is 33.2 Å². The van der Waals surface area contributed by atoms with E-state index in [1.807, 2.05) is 6.92 Å². The van der Waals surface area contributed by atoms with E-state index in [9.17, 15) is 22.4 Å². The Bertz CT molecular complexity index is 1290. The Hall–Kier alpha value is -3.72. The summed E-state index contributed by atoms with van der Waals surface area (Å²) in [7, 11) is -4.27. The first kappa shape index (κ1) is 24.9. The molecule has 0 fully saturated rings. The normalized spacial score (nSPS) is 11.2. The molecule has 34 heavy (non-hydrogen) atoms. The van der Waals surface area contributed by atoms with Crippen LogP contribution in [0, 0.1) is 12.7 Å². The Kier molecular flexibility index (Phi) is 7.68. The zero-order valence-electron chi connectivity index (χ0n) is 19.1. The zero-order valence-corrected chi connectivity index (χ0v) is 19.9. The summed E-state index contributed by atoms with van der Waals surface area (Å²) in [6.45, 7) is 4.73. The molecule has 0 aliphatic carbocycles. The predicted octanol–water partition coefficient (Wildman–Crippen LogP) is 4.11. The third kappa shape index (κ3) is 5.79. The SMILES string of the molecule is Cc1ccc(S(=O)(=O)N(CC(=O)Nc2ccccc2C(=O)NC(C)C)c2ccccc2F)cc1. The number of halogens is 1. The summed E-state index contributed by atoms with van der Waals surface area (Å²) in [4.78, 5) is 25.4. The van der Waals surface area contributed by atoms with Gasteiger partial charge in [-0.2, -0.15) is 0 Å². The molecule has 0 saturated carbocycles. The maximum atomic E-state index is 14.6. The van der Waals surface area contributed by atoms with E-state index in [2.05, 4.69) is 10.6 Å². The first-order chi connectivity index (χ1) is 16.1. The Balaban J connectivity index is 1.94. The van der Waals surface area contributed by atoms with Gasteiger partial charge in [-0.05, 0) is 57.2 Å².